The van der Waals surface area contributed by atoms with E-state index in [1.165, 1.54) is 31.2 Å². The van der Waals surface area contributed by atoms with Gasteiger partial charge in [0.25, 0.3) is 0 Å². The maximum Gasteiger partial charge on any atom is 0.146 e. The second kappa shape index (κ2) is 4.03. The average Bonchev–Trinajstić information content (AvgIpc) is 3.33. The molecule has 96 valence electrons. The van der Waals surface area contributed by atoms with Crippen LogP contribution in [0.15, 0.2) is 18.5 Å². The quantitative estimate of drug-likeness (QED) is 0.768. The Bertz CT molecular complexity index is 697. The minimum Gasteiger partial charge on any atom is -0.494 e. The maximum absolute atomic E-state index is 5.54. The monoisotopic (exact) mass is 252 g/mol. The number of ether oxygens (including phenoxy) is 1. The van der Waals surface area contributed by atoms with Crippen molar-refractivity contribution in [2.24, 2.45) is 5.92 Å². The molecule has 0 saturated heterocycles. The third-order valence-electron chi connectivity index (χ3n) is 3.85. The molecule has 3 heteroatoms. The van der Waals surface area contributed by atoms with Crippen molar-refractivity contribution in [3.8, 4) is 17.6 Å². The van der Waals surface area contributed by atoms with Crippen LogP contribution in [0, 0.1) is 17.8 Å². The normalized spacial score (nSPS) is 18.2. The van der Waals surface area contributed by atoms with Crippen LogP contribution in [0.2, 0.25) is 0 Å². The van der Waals surface area contributed by atoms with Crippen LogP contribution in [-0.2, 0) is 0 Å². The first-order chi connectivity index (χ1) is 9.35. The van der Waals surface area contributed by atoms with Crippen LogP contribution in [0.4, 0.5) is 0 Å². The molecular formula is C16H16N2O. The van der Waals surface area contributed by atoms with E-state index in [1.807, 2.05) is 10.7 Å². The van der Waals surface area contributed by atoms with Crippen molar-refractivity contribution < 1.29 is 4.74 Å². The summed E-state index contributed by atoms with van der Waals surface area (Å²) in [5.74, 6) is 8.74. The van der Waals surface area contributed by atoms with Gasteiger partial charge in [-0.1, -0.05) is 11.8 Å². The van der Waals surface area contributed by atoms with Crippen LogP contribution in [0.1, 0.15) is 42.7 Å². The second-order valence-corrected chi connectivity index (χ2v) is 5.51. The smallest absolute Gasteiger partial charge is 0.146 e. The highest BCUT2D eigenvalue weighted by Crippen LogP contribution is 2.42. The first-order valence-corrected chi connectivity index (χ1v) is 6.92. The van der Waals surface area contributed by atoms with E-state index < -0.39 is 0 Å². The molecule has 2 heterocycles. The van der Waals surface area contributed by atoms with Gasteiger partial charge in [-0.25, -0.2) is 4.52 Å². The predicted molar refractivity (Wildman–Crippen MR) is 73.3 cm³/mol. The lowest BCUT2D eigenvalue weighted by Gasteiger charge is -2.06. The molecule has 0 aliphatic heterocycles. The molecule has 3 nitrogen and oxygen atoms in total. The molecule has 4 rings (SSSR count). The molecule has 19 heavy (non-hydrogen) atoms. The zero-order valence-electron chi connectivity index (χ0n) is 11.0. The summed E-state index contributed by atoms with van der Waals surface area (Å²) < 4.78 is 7.46. The summed E-state index contributed by atoms with van der Waals surface area (Å²) in [7, 11) is 1.72. The fraction of sp³-hybridized carbons (Fsp3) is 0.438. The molecule has 0 unspecified atom stereocenters. The Morgan fingerprint density at radius 2 is 2.16 bits per heavy atom. The van der Waals surface area contributed by atoms with Crippen molar-refractivity contribution >= 4 is 5.52 Å². The minimum absolute atomic E-state index is 0.603. The first-order valence-electron chi connectivity index (χ1n) is 6.92. The highest BCUT2D eigenvalue weighted by atomic mass is 16.5. The number of aromatic nitrogens is 2. The summed E-state index contributed by atoms with van der Waals surface area (Å²) in [4.78, 5) is 0. The van der Waals surface area contributed by atoms with E-state index >= 15 is 0 Å². The van der Waals surface area contributed by atoms with Gasteiger partial charge in [0, 0.05) is 12.1 Å². The van der Waals surface area contributed by atoms with Crippen molar-refractivity contribution in [1.29, 1.82) is 0 Å². The molecule has 2 aromatic heterocycles. The summed E-state index contributed by atoms with van der Waals surface area (Å²) in [6, 6.07) is 2.15. The highest BCUT2D eigenvalue weighted by Gasteiger charge is 2.25. The highest BCUT2D eigenvalue weighted by molar-refractivity contribution is 5.70. The maximum atomic E-state index is 5.54. The summed E-state index contributed by atoms with van der Waals surface area (Å²) in [6.45, 7) is 0. The number of rotatable bonds is 2. The van der Waals surface area contributed by atoms with Crippen LogP contribution >= 0.6 is 0 Å². The van der Waals surface area contributed by atoms with E-state index in [2.05, 4.69) is 29.2 Å². The molecule has 0 atom stereocenters. The van der Waals surface area contributed by atoms with Crippen LogP contribution in [0.5, 0.6) is 5.75 Å². The van der Waals surface area contributed by atoms with Crippen LogP contribution in [0.25, 0.3) is 5.52 Å². The third kappa shape index (κ3) is 1.98. The van der Waals surface area contributed by atoms with Gasteiger partial charge >= 0.3 is 0 Å². The lowest BCUT2D eigenvalue weighted by atomic mass is 10.1. The molecule has 2 fully saturated rings. The molecular weight excluding hydrogens is 236 g/mol. The predicted octanol–water partition coefficient (Wildman–Crippen LogP) is 2.98. The molecule has 0 N–H and O–H groups in total. The molecule has 0 aromatic carbocycles. The van der Waals surface area contributed by atoms with E-state index in [1.54, 1.807) is 7.11 Å². The Kier molecular flexibility index (Phi) is 2.32. The van der Waals surface area contributed by atoms with E-state index in [0.717, 1.165) is 16.8 Å². The van der Waals surface area contributed by atoms with Gasteiger partial charge in [-0.2, -0.15) is 5.10 Å². The molecule has 0 amide bonds. The van der Waals surface area contributed by atoms with Gasteiger partial charge in [0.1, 0.15) is 11.3 Å². The zero-order valence-corrected chi connectivity index (χ0v) is 11.0. The van der Waals surface area contributed by atoms with Crippen molar-refractivity contribution in [2.45, 2.75) is 31.6 Å². The van der Waals surface area contributed by atoms with Gasteiger partial charge in [-0.05, 0) is 43.2 Å². The molecule has 2 aromatic rings. The Morgan fingerprint density at radius 1 is 1.32 bits per heavy atom. The number of fused-ring (bicyclic) bond motifs is 1. The summed E-state index contributed by atoms with van der Waals surface area (Å²) in [5.41, 5.74) is 3.31. The summed E-state index contributed by atoms with van der Waals surface area (Å²) >= 11 is 0. The number of pyridine rings is 1. The van der Waals surface area contributed by atoms with Crippen molar-refractivity contribution in [3.63, 3.8) is 0 Å². The summed E-state index contributed by atoms with van der Waals surface area (Å²) in [5, 5.41) is 4.43. The summed E-state index contributed by atoms with van der Waals surface area (Å²) in [6.07, 6.45) is 9.03. The third-order valence-corrected chi connectivity index (χ3v) is 3.85. The van der Waals surface area contributed by atoms with E-state index in [9.17, 15) is 0 Å². The van der Waals surface area contributed by atoms with Gasteiger partial charge in [0.05, 0.1) is 18.9 Å². The van der Waals surface area contributed by atoms with Gasteiger partial charge in [-0.3, -0.25) is 0 Å². The molecule has 0 bridgehead atoms. The second-order valence-electron chi connectivity index (χ2n) is 5.51. The average molecular weight is 252 g/mol. The fourth-order valence-electron chi connectivity index (χ4n) is 2.40. The lowest BCUT2D eigenvalue weighted by Crippen LogP contribution is -1.95. The van der Waals surface area contributed by atoms with Crippen LogP contribution < -0.4 is 4.74 Å². The van der Waals surface area contributed by atoms with Gasteiger partial charge in [0.2, 0.25) is 0 Å². The van der Waals surface area contributed by atoms with E-state index in [0.29, 0.717) is 11.8 Å². The molecule has 2 aliphatic rings. The van der Waals surface area contributed by atoms with Crippen molar-refractivity contribution in [3.05, 3.63) is 29.6 Å². The number of hydrogen-bond acceptors (Lipinski definition) is 2. The van der Waals surface area contributed by atoms with Crippen molar-refractivity contribution in [1.82, 2.24) is 9.61 Å². The van der Waals surface area contributed by atoms with E-state index in [4.69, 9.17) is 4.74 Å². The Balaban J connectivity index is 1.84. The molecule has 0 radical (unpaired) electrons. The van der Waals surface area contributed by atoms with Crippen LogP contribution in [0.3, 0.4) is 0 Å². The zero-order chi connectivity index (χ0) is 12.8. The number of hydrogen-bond donors (Lipinski definition) is 0. The van der Waals surface area contributed by atoms with Gasteiger partial charge in [-0.15, -0.1) is 0 Å². The molecule has 2 aliphatic carbocycles. The minimum atomic E-state index is 0.603. The van der Waals surface area contributed by atoms with Crippen molar-refractivity contribution in [2.75, 3.05) is 7.11 Å². The largest absolute Gasteiger partial charge is 0.494 e. The Labute approximate surface area is 112 Å². The molecule has 2 saturated carbocycles. The topological polar surface area (TPSA) is 26.5 Å². The number of methoxy groups -OCH3 is 1. The fourth-order valence-corrected chi connectivity index (χ4v) is 2.40. The van der Waals surface area contributed by atoms with E-state index in [-0.39, 0.29) is 0 Å². The SMILES string of the molecule is COc1cc(C2CC2)cn2ncc(C#CC3CC3)c12. The number of nitrogens with zero attached hydrogens (tertiary/aromatic N) is 2. The standard InChI is InChI=1S/C16H16N2O/c1-19-15-8-14(12-6-7-12)10-18-16(15)13(9-17-18)5-4-11-2-3-11/h8-12H,2-3,6-7H2,1H3. The van der Waals surface area contributed by atoms with Gasteiger partial charge in [0.15, 0.2) is 0 Å². The first kappa shape index (κ1) is 10.9. The van der Waals surface area contributed by atoms with Gasteiger partial charge < -0.3 is 4.74 Å². The molecule has 0 spiro atoms. The Morgan fingerprint density at radius 3 is 2.84 bits per heavy atom. The Hall–Kier alpha value is -1.95. The van der Waals surface area contributed by atoms with Crippen LogP contribution in [-0.4, -0.2) is 16.7 Å². The lowest BCUT2D eigenvalue weighted by molar-refractivity contribution is 0.417.